The Labute approximate surface area is 181 Å². The van der Waals surface area contributed by atoms with Gasteiger partial charge in [0.05, 0.1) is 0 Å². The molecule has 25 heavy (non-hydrogen) atoms. The van der Waals surface area contributed by atoms with Gasteiger partial charge in [0.2, 0.25) is 0 Å². The molecule has 0 heterocycles. The van der Waals surface area contributed by atoms with Gasteiger partial charge in [0, 0.05) is 59.5 Å². The van der Waals surface area contributed by atoms with E-state index in [2.05, 4.69) is 0 Å². The molecule has 0 spiro atoms. The van der Waals surface area contributed by atoms with E-state index in [4.69, 9.17) is 15.3 Å². The fraction of sp³-hybridized carbons (Fsp3) is 0.167. The van der Waals surface area contributed by atoms with Crippen LogP contribution in [0, 0.1) is 41.3 Å². The van der Waals surface area contributed by atoms with Gasteiger partial charge in [-0.3, -0.25) is 0 Å². The molecule has 0 aliphatic carbocycles. The number of carboxylic acid groups (broad SMARTS) is 3. The van der Waals surface area contributed by atoms with Crippen LogP contribution in [0.1, 0.15) is 20.8 Å². The van der Waals surface area contributed by atoms with Gasteiger partial charge < -0.3 is 15.3 Å². The van der Waals surface area contributed by atoms with Crippen LogP contribution in [0.3, 0.4) is 0 Å². The first kappa shape index (κ1) is 31.0. The Bertz CT molecular complexity index is 450. The first-order valence-corrected chi connectivity index (χ1v) is 6.88. The number of aliphatic carboxylic acids is 3. The summed E-state index contributed by atoms with van der Waals surface area (Å²) >= 11 is 0. The molecule has 0 aromatic heterocycles. The van der Waals surface area contributed by atoms with E-state index >= 15 is 0 Å². The zero-order valence-electron chi connectivity index (χ0n) is 14.6. The van der Waals surface area contributed by atoms with E-state index in [0.29, 0.717) is 0 Å². The van der Waals surface area contributed by atoms with Gasteiger partial charge in [0.1, 0.15) is 0 Å². The van der Waals surface area contributed by atoms with Crippen molar-refractivity contribution in [3.05, 3.63) is 72.9 Å². The van der Waals surface area contributed by atoms with Crippen molar-refractivity contribution in [2.24, 2.45) is 0 Å². The first-order chi connectivity index (χ1) is 11.3. The number of hydrogen-bond acceptors (Lipinski definition) is 3. The zero-order chi connectivity index (χ0) is 19.2. The molecule has 0 aliphatic heterocycles. The molecule has 0 amide bonds. The van der Waals surface area contributed by atoms with Crippen LogP contribution in [0.4, 0.5) is 0 Å². The summed E-state index contributed by atoms with van der Waals surface area (Å²) in [6, 6.07) is 0. The van der Waals surface area contributed by atoms with Crippen molar-refractivity contribution < 1.29 is 71.0 Å². The van der Waals surface area contributed by atoms with Crippen LogP contribution in [0.5, 0.6) is 0 Å². The summed E-state index contributed by atoms with van der Waals surface area (Å²) < 4.78 is 0. The SMILES string of the molecule is C/C=C/C=C/C(=O)O.C/C=C/C=C/C(=O)O.C/C=C/C=C/C(=O)O.[Pr]. The van der Waals surface area contributed by atoms with Crippen molar-refractivity contribution in [3.63, 3.8) is 0 Å². The molecule has 0 aromatic carbocycles. The predicted octanol–water partition coefficient (Wildman–Crippen LogP) is 3.61. The molecule has 0 saturated carbocycles. The summed E-state index contributed by atoms with van der Waals surface area (Å²) in [6.45, 7) is 5.48. The fourth-order valence-electron chi connectivity index (χ4n) is 0.747. The Kier molecular flexibility index (Phi) is 33.6. The molecule has 0 saturated heterocycles. The number of rotatable bonds is 6. The van der Waals surface area contributed by atoms with E-state index in [-0.39, 0.29) is 41.3 Å². The van der Waals surface area contributed by atoms with Crippen molar-refractivity contribution in [1.29, 1.82) is 0 Å². The second-order valence-electron chi connectivity index (χ2n) is 3.67. The largest absolute Gasteiger partial charge is 0.478 e. The molecule has 0 fully saturated rings. The van der Waals surface area contributed by atoms with Gasteiger partial charge >= 0.3 is 17.9 Å². The maximum atomic E-state index is 9.75. The van der Waals surface area contributed by atoms with Gasteiger partial charge in [-0.25, -0.2) is 14.4 Å². The minimum Gasteiger partial charge on any atom is -0.478 e. The summed E-state index contributed by atoms with van der Waals surface area (Å²) in [5.74, 6) is -2.74. The number of hydrogen-bond donors (Lipinski definition) is 3. The van der Waals surface area contributed by atoms with Gasteiger partial charge in [-0.15, -0.1) is 0 Å². The molecule has 0 aliphatic rings. The number of carbonyl (C=O) groups is 3. The zero-order valence-corrected chi connectivity index (χ0v) is 18.3. The van der Waals surface area contributed by atoms with Crippen LogP contribution >= 0.6 is 0 Å². The quantitative estimate of drug-likeness (QED) is 0.398. The molecule has 0 unspecified atom stereocenters. The van der Waals surface area contributed by atoms with Crippen molar-refractivity contribution >= 4 is 17.9 Å². The molecule has 0 bridgehead atoms. The van der Waals surface area contributed by atoms with Crippen molar-refractivity contribution in [2.75, 3.05) is 0 Å². The topological polar surface area (TPSA) is 112 Å². The van der Waals surface area contributed by atoms with Gasteiger partial charge in [-0.1, -0.05) is 54.7 Å². The van der Waals surface area contributed by atoms with Crippen molar-refractivity contribution in [3.8, 4) is 0 Å². The molecule has 1 radical (unpaired) electrons. The predicted molar refractivity (Wildman–Crippen MR) is 94.8 cm³/mol. The van der Waals surface area contributed by atoms with Crippen molar-refractivity contribution in [1.82, 2.24) is 0 Å². The Morgan fingerprint density at radius 1 is 0.520 bits per heavy atom. The summed E-state index contributed by atoms with van der Waals surface area (Å²) in [7, 11) is 0. The molecule has 7 heteroatoms. The molecule has 0 rings (SSSR count). The van der Waals surface area contributed by atoms with E-state index < -0.39 is 17.9 Å². The monoisotopic (exact) mass is 477 g/mol. The third kappa shape index (κ3) is 52.0. The second-order valence-corrected chi connectivity index (χ2v) is 3.67. The second kappa shape index (κ2) is 27.1. The van der Waals surface area contributed by atoms with E-state index in [9.17, 15) is 14.4 Å². The number of allylic oxidation sites excluding steroid dienone is 9. The van der Waals surface area contributed by atoms with Crippen molar-refractivity contribution in [2.45, 2.75) is 20.8 Å². The molecule has 0 aromatic rings. The summed E-state index contributed by atoms with van der Waals surface area (Å²) in [4.78, 5) is 29.3. The maximum Gasteiger partial charge on any atom is 0.328 e. The minimum absolute atomic E-state index is 0. The van der Waals surface area contributed by atoms with E-state index in [0.717, 1.165) is 18.2 Å². The maximum absolute atomic E-state index is 9.75. The third-order valence-electron chi connectivity index (χ3n) is 1.63. The molecule has 6 nitrogen and oxygen atoms in total. The molecular weight excluding hydrogens is 453 g/mol. The van der Waals surface area contributed by atoms with Crippen LogP contribution in [0.25, 0.3) is 0 Å². The van der Waals surface area contributed by atoms with Crippen LogP contribution in [0.15, 0.2) is 72.9 Å². The average molecular weight is 477 g/mol. The minimum atomic E-state index is -0.914. The summed E-state index contributed by atoms with van der Waals surface area (Å²) in [5.41, 5.74) is 0. The molecule has 0 atom stereocenters. The van der Waals surface area contributed by atoms with E-state index in [1.54, 1.807) is 36.5 Å². The van der Waals surface area contributed by atoms with Gasteiger partial charge in [0.25, 0.3) is 0 Å². The van der Waals surface area contributed by atoms with Gasteiger partial charge in [-0.05, 0) is 20.8 Å². The average Bonchev–Trinajstić information content (AvgIpc) is 2.48. The Morgan fingerprint density at radius 2 is 0.720 bits per heavy atom. The van der Waals surface area contributed by atoms with Crippen LogP contribution in [-0.4, -0.2) is 33.2 Å². The van der Waals surface area contributed by atoms with Crippen LogP contribution in [0.2, 0.25) is 0 Å². The third-order valence-corrected chi connectivity index (χ3v) is 1.63. The van der Waals surface area contributed by atoms with Crippen LogP contribution in [-0.2, 0) is 14.4 Å². The summed E-state index contributed by atoms with van der Waals surface area (Å²) in [5, 5.41) is 24.1. The first-order valence-electron chi connectivity index (χ1n) is 6.88. The van der Waals surface area contributed by atoms with Gasteiger partial charge in [0.15, 0.2) is 0 Å². The van der Waals surface area contributed by atoms with E-state index in [1.807, 2.05) is 20.8 Å². The summed E-state index contributed by atoms with van der Waals surface area (Å²) in [6.07, 6.45) is 17.9. The van der Waals surface area contributed by atoms with Gasteiger partial charge in [-0.2, -0.15) is 0 Å². The standard InChI is InChI=1S/3C6H8O2.Pr/c3*1-2-3-4-5-6(7)8;/h3*2-5H,1H3,(H,7,8);/b3*3-2+,5-4+;. The normalized spacial score (nSPS) is 10.7. The van der Waals surface area contributed by atoms with Crippen LogP contribution < -0.4 is 0 Å². The Hall–Kier alpha value is -1.79. The fourth-order valence-corrected chi connectivity index (χ4v) is 0.747. The smallest absolute Gasteiger partial charge is 0.328 e. The van der Waals surface area contributed by atoms with E-state index in [1.165, 1.54) is 18.2 Å². The molecule has 135 valence electrons. The Morgan fingerprint density at radius 3 is 0.840 bits per heavy atom. The molecule has 3 N–H and O–H groups in total. The molecular formula is C18H24O6Pr. The Balaban J connectivity index is -0.000000130. The number of carboxylic acids is 3.